The SMILES string of the molecule is Cc1cc(Nc2cccc(F)c2)nc(N2CCc3ccccc3C2)n1. The number of halogens is 1. The lowest BCUT2D eigenvalue weighted by molar-refractivity contribution is 0.628. The van der Waals surface area contributed by atoms with E-state index in [2.05, 4.69) is 44.5 Å². The molecule has 0 aliphatic carbocycles. The molecule has 0 spiro atoms. The molecule has 4 nitrogen and oxygen atoms in total. The molecule has 2 heterocycles. The van der Waals surface area contributed by atoms with Gasteiger partial charge in [-0.25, -0.2) is 9.37 Å². The Morgan fingerprint density at radius 3 is 2.68 bits per heavy atom. The van der Waals surface area contributed by atoms with Gasteiger partial charge in [-0.05, 0) is 42.7 Å². The summed E-state index contributed by atoms with van der Waals surface area (Å²) in [5.74, 6) is 1.10. The number of aromatic nitrogens is 2. The summed E-state index contributed by atoms with van der Waals surface area (Å²) < 4.78 is 13.4. The third-order valence-electron chi connectivity index (χ3n) is 4.35. The number of hydrogen-bond acceptors (Lipinski definition) is 4. The quantitative estimate of drug-likeness (QED) is 0.778. The average Bonchev–Trinajstić information content (AvgIpc) is 2.61. The lowest BCUT2D eigenvalue weighted by Gasteiger charge is -2.29. The Hall–Kier alpha value is -2.95. The maximum absolute atomic E-state index is 13.4. The molecule has 1 aromatic heterocycles. The number of aryl methyl sites for hydroxylation is 1. The summed E-state index contributed by atoms with van der Waals surface area (Å²) in [5, 5.41) is 3.17. The van der Waals surface area contributed by atoms with Crippen LogP contribution in [0.25, 0.3) is 0 Å². The fourth-order valence-corrected chi connectivity index (χ4v) is 3.14. The summed E-state index contributed by atoms with van der Waals surface area (Å²) in [6.45, 7) is 3.64. The molecule has 5 heteroatoms. The van der Waals surface area contributed by atoms with Crippen LogP contribution in [-0.4, -0.2) is 16.5 Å². The van der Waals surface area contributed by atoms with Crippen LogP contribution < -0.4 is 10.2 Å². The Morgan fingerprint density at radius 2 is 1.84 bits per heavy atom. The van der Waals surface area contributed by atoms with Crippen LogP contribution in [0, 0.1) is 12.7 Å². The number of hydrogen-bond donors (Lipinski definition) is 1. The number of anilines is 3. The van der Waals surface area contributed by atoms with Gasteiger partial charge < -0.3 is 10.2 Å². The van der Waals surface area contributed by atoms with E-state index in [9.17, 15) is 4.39 Å². The number of fused-ring (bicyclic) bond motifs is 1. The molecule has 1 aliphatic rings. The van der Waals surface area contributed by atoms with E-state index in [1.54, 1.807) is 6.07 Å². The van der Waals surface area contributed by atoms with Gasteiger partial charge in [-0.15, -0.1) is 0 Å². The van der Waals surface area contributed by atoms with Gasteiger partial charge in [-0.3, -0.25) is 0 Å². The summed E-state index contributed by atoms with van der Waals surface area (Å²) in [4.78, 5) is 11.4. The minimum Gasteiger partial charge on any atom is -0.340 e. The number of nitrogens with one attached hydrogen (secondary N) is 1. The first kappa shape index (κ1) is 15.6. The molecule has 0 amide bonds. The molecule has 0 fully saturated rings. The first-order chi connectivity index (χ1) is 12.2. The molecule has 0 radical (unpaired) electrons. The van der Waals surface area contributed by atoms with Gasteiger partial charge in [0.25, 0.3) is 0 Å². The topological polar surface area (TPSA) is 41.1 Å². The van der Waals surface area contributed by atoms with Crippen molar-refractivity contribution < 1.29 is 4.39 Å². The molecule has 4 rings (SSSR count). The second-order valence-corrected chi connectivity index (χ2v) is 6.27. The Morgan fingerprint density at radius 1 is 1.00 bits per heavy atom. The van der Waals surface area contributed by atoms with Crippen LogP contribution >= 0.6 is 0 Å². The second-order valence-electron chi connectivity index (χ2n) is 6.27. The highest BCUT2D eigenvalue weighted by molar-refractivity contribution is 5.58. The average molecular weight is 334 g/mol. The van der Waals surface area contributed by atoms with Crippen LogP contribution in [-0.2, 0) is 13.0 Å². The Labute approximate surface area is 146 Å². The lowest BCUT2D eigenvalue weighted by atomic mass is 10.0. The van der Waals surface area contributed by atoms with Crippen molar-refractivity contribution in [3.8, 4) is 0 Å². The molecule has 126 valence electrons. The van der Waals surface area contributed by atoms with E-state index < -0.39 is 0 Å². The number of benzene rings is 2. The van der Waals surface area contributed by atoms with Gasteiger partial charge in [0.1, 0.15) is 11.6 Å². The zero-order valence-corrected chi connectivity index (χ0v) is 14.0. The Bertz CT molecular complexity index is 910. The zero-order chi connectivity index (χ0) is 17.2. The van der Waals surface area contributed by atoms with Crippen molar-refractivity contribution in [3.63, 3.8) is 0 Å². The van der Waals surface area contributed by atoms with Crippen LogP contribution in [0.3, 0.4) is 0 Å². The summed E-state index contributed by atoms with van der Waals surface area (Å²) in [6, 6.07) is 16.7. The molecule has 0 saturated heterocycles. The standard InChI is InChI=1S/C20H19FN4/c1-14-11-19(23-18-8-4-7-17(21)12-18)24-20(22-14)25-10-9-15-5-2-3-6-16(15)13-25/h2-8,11-12H,9-10,13H2,1H3,(H,22,23,24). The summed E-state index contributed by atoms with van der Waals surface area (Å²) >= 11 is 0. The molecule has 0 saturated carbocycles. The minimum absolute atomic E-state index is 0.274. The highest BCUT2D eigenvalue weighted by Crippen LogP contribution is 2.24. The largest absolute Gasteiger partial charge is 0.340 e. The maximum Gasteiger partial charge on any atom is 0.227 e. The lowest BCUT2D eigenvalue weighted by Crippen LogP contribution is -2.32. The molecule has 0 atom stereocenters. The third-order valence-corrected chi connectivity index (χ3v) is 4.35. The van der Waals surface area contributed by atoms with E-state index >= 15 is 0 Å². The van der Waals surface area contributed by atoms with Crippen LogP contribution in [0.15, 0.2) is 54.6 Å². The summed E-state index contributed by atoms with van der Waals surface area (Å²) in [7, 11) is 0. The molecule has 0 bridgehead atoms. The number of nitrogens with zero attached hydrogens (tertiary/aromatic N) is 3. The fraction of sp³-hybridized carbons (Fsp3) is 0.200. The smallest absolute Gasteiger partial charge is 0.227 e. The maximum atomic E-state index is 13.4. The third kappa shape index (κ3) is 3.45. The highest BCUT2D eigenvalue weighted by atomic mass is 19.1. The molecule has 3 aromatic rings. The predicted octanol–water partition coefficient (Wildman–Crippen LogP) is 4.23. The van der Waals surface area contributed by atoms with Gasteiger partial charge in [-0.2, -0.15) is 4.98 Å². The van der Waals surface area contributed by atoms with Crippen molar-refractivity contribution >= 4 is 17.5 Å². The van der Waals surface area contributed by atoms with E-state index in [1.165, 1.54) is 23.3 Å². The van der Waals surface area contributed by atoms with Crippen LogP contribution in [0.5, 0.6) is 0 Å². The first-order valence-electron chi connectivity index (χ1n) is 8.37. The zero-order valence-electron chi connectivity index (χ0n) is 14.0. The molecular formula is C20H19FN4. The number of rotatable bonds is 3. The second kappa shape index (κ2) is 6.51. The normalized spacial score (nSPS) is 13.4. The van der Waals surface area contributed by atoms with Gasteiger partial charge in [0.2, 0.25) is 5.95 Å². The van der Waals surface area contributed by atoms with Crippen molar-refractivity contribution in [3.05, 3.63) is 77.2 Å². The molecule has 1 N–H and O–H groups in total. The predicted molar refractivity (Wildman–Crippen MR) is 97.6 cm³/mol. The monoisotopic (exact) mass is 334 g/mol. The Balaban J connectivity index is 1.60. The van der Waals surface area contributed by atoms with Gasteiger partial charge in [0, 0.05) is 30.5 Å². The molecule has 2 aromatic carbocycles. The minimum atomic E-state index is -0.274. The van der Waals surface area contributed by atoms with E-state index in [4.69, 9.17) is 0 Å². The van der Waals surface area contributed by atoms with Crippen molar-refractivity contribution in [2.75, 3.05) is 16.8 Å². The van der Waals surface area contributed by atoms with E-state index in [0.717, 1.165) is 25.2 Å². The van der Waals surface area contributed by atoms with E-state index in [1.807, 2.05) is 19.1 Å². The van der Waals surface area contributed by atoms with Gasteiger partial charge in [0.15, 0.2) is 0 Å². The fourth-order valence-electron chi connectivity index (χ4n) is 3.14. The molecule has 25 heavy (non-hydrogen) atoms. The van der Waals surface area contributed by atoms with Crippen molar-refractivity contribution in [2.24, 2.45) is 0 Å². The Kier molecular flexibility index (Phi) is 4.06. The van der Waals surface area contributed by atoms with E-state index in [-0.39, 0.29) is 5.82 Å². The highest BCUT2D eigenvalue weighted by Gasteiger charge is 2.18. The molecular weight excluding hydrogens is 315 g/mol. The van der Waals surface area contributed by atoms with Gasteiger partial charge >= 0.3 is 0 Å². The van der Waals surface area contributed by atoms with Crippen LogP contribution in [0.1, 0.15) is 16.8 Å². The van der Waals surface area contributed by atoms with Gasteiger partial charge in [-0.1, -0.05) is 30.3 Å². The van der Waals surface area contributed by atoms with E-state index in [0.29, 0.717) is 17.5 Å². The molecule has 1 aliphatic heterocycles. The van der Waals surface area contributed by atoms with Crippen molar-refractivity contribution in [1.82, 2.24) is 9.97 Å². The van der Waals surface area contributed by atoms with Crippen molar-refractivity contribution in [2.45, 2.75) is 19.9 Å². The summed E-state index contributed by atoms with van der Waals surface area (Å²) in [5.41, 5.74) is 4.26. The van der Waals surface area contributed by atoms with Gasteiger partial charge in [0.05, 0.1) is 0 Å². The van der Waals surface area contributed by atoms with Crippen LogP contribution in [0.4, 0.5) is 21.8 Å². The first-order valence-corrected chi connectivity index (χ1v) is 8.37. The van der Waals surface area contributed by atoms with Crippen molar-refractivity contribution in [1.29, 1.82) is 0 Å². The van der Waals surface area contributed by atoms with Crippen LogP contribution in [0.2, 0.25) is 0 Å². The molecule has 0 unspecified atom stereocenters. The summed E-state index contributed by atoms with van der Waals surface area (Å²) in [6.07, 6.45) is 0.986.